The fourth-order valence-corrected chi connectivity index (χ4v) is 4.70. The molecule has 0 heterocycles. The predicted molar refractivity (Wildman–Crippen MR) is 108 cm³/mol. The Labute approximate surface area is 174 Å². The first-order valence-corrected chi connectivity index (χ1v) is 10.2. The molecular formula is C22H21Cl2NO3. The summed E-state index contributed by atoms with van der Waals surface area (Å²) in [6.07, 6.45) is 2.69. The molecule has 0 saturated carbocycles. The smallest absolute Gasteiger partial charge is 0.309 e. The molecule has 2 N–H and O–H groups in total. The highest BCUT2D eigenvalue weighted by Crippen LogP contribution is 2.39. The van der Waals surface area contributed by atoms with Gasteiger partial charge in [0.2, 0.25) is 5.91 Å². The van der Waals surface area contributed by atoms with E-state index in [1.165, 1.54) is 5.56 Å². The molecule has 0 spiro atoms. The lowest BCUT2D eigenvalue weighted by molar-refractivity contribution is -0.160. The van der Waals surface area contributed by atoms with E-state index in [2.05, 4.69) is 0 Å². The van der Waals surface area contributed by atoms with Crippen molar-refractivity contribution in [2.45, 2.75) is 38.2 Å². The van der Waals surface area contributed by atoms with E-state index in [1.54, 1.807) is 6.07 Å². The fraction of sp³-hybridized carbons (Fsp3) is 0.364. The molecule has 2 aromatic rings. The molecule has 0 fully saturated rings. The van der Waals surface area contributed by atoms with E-state index in [-0.39, 0.29) is 11.9 Å². The summed E-state index contributed by atoms with van der Waals surface area (Å²) in [5, 5.41) is 1.21. The molecule has 3 unspecified atom stereocenters. The van der Waals surface area contributed by atoms with Gasteiger partial charge in [0.25, 0.3) is 0 Å². The first kappa shape index (κ1) is 19.3. The average Bonchev–Trinajstić information content (AvgIpc) is 2.67. The van der Waals surface area contributed by atoms with Gasteiger partial charge < -0.3 is 10.5 Å². The zero-order valence-electron chi connectivity index (χ0n) is 15.3. The Bertz CT molecular complexity index is 943. The number of carbonyl (C=O) groups is 2. The molecule has 2 aliphatic rings. The Morgan fingerprint density at radius 1 is 0.929 bits per heavy atom. The Morgan fingerprint density at radius 3 is 2.36 bits per heavy atom. The summed E-state index contributed by atoms with van der Waals surface area (Å²) in [4.78, 5) is 25.0. The summed E-state index contributed by atoms with van der Waals surface area (Å²) < 4.78 is 5.90. The summed E-state index contributed by atoms with van der Waals surface area (Å²) >= 11 is 12.3. The molecule has 0 aliphatic heterocycles. The number of fused-ring (bicyclic) bond motifs is 2. The van der Waals surface area contributed by atoms with Crippen LogP contribution < -0.4 is 5.73 Å². The van der Waals surface area contributed by atoms with Crippen LogP contribution in [-0.4, -0.2) is 11.9 Å². The van der Waals surface area contributed by atoms with Gasteiger partial charge in [-0.05, 0) is 78.6 Å². The number of halogens is 2. The minimum absolute atomic E-state index is 0.260. The summed E-state index contributed by atoms with van der Waals surface area (Å²) in [7, 11) is 0. The number of esters is 1. The Balaban J connectivity index is 1.57. The largest absolute Gasteiger partial charge is 0.456 e. The van der Waals surface area contributed by atoms with Gasteiger partial charge >= 0.3 is 5.97 Å². The molecule has 6 heteroatoms. The van der Waals surface area contributed by atoms with Crippen LogP contribution in [0.25, 0.3) is 0 Å². The van der Waals surface area contributed by atoms with Gasteiger partial charge in [0.05, 0.1) is 11.8 Å². The molecule has 0 bridgehead atoms. The highest BCUT2D eigenvalue weighted by molar-refractivity contribution is 6.31. The highest BCUT2D eigenvalue weighted by atomic mass is 35.5. The molecule has 0 radical (unpaired) electrons. The normalized spacial score (nSPS) is 23.4. The van der Waals surface area contributed by atoms with E-state index in [4.69, 9.17) is 33.7 Å². The number of aryl methyl sites for hydroxylation is 2. The van der Waals surface area contributed by atoms with Gasteiger partial charge in [0, 0.05) is 10.0 Å². The summed E-state index contributed by atoms with van der Waals surface area (Å²) in [5.74, 6) is -1.55. The van der Waals surface area contributed by atoms with Crippen molar-refractivity contribution in [2.75, 3.05) is 0 Å². The van der Waals surface area contributed by atoms with E-state index < -0.39 is 17.9 Å². The lowest BCUT2D eigenvalue weighted by atomic mass is 9.80. The van der Waals surface area contributed by atoms with Crippen molar-refractivity contribution in [2.24, 2.45) is 17.6 Å². The van der Waals surface area contributed by atoms with Crippen molar-refractivity contribution in [3.8, 4) is 0 Å². The van der Waals surface area contributed by atoms with Crippen molar-refractivity contribution in [1.29, 1.82) is 0 Å². The van der Waals surface area contributed by atoms with Crippen LogP contribution in [0.4, 0.5) is 0 Å². The molecule has 4 nitrogen and oxygen atoms in total. The van der Waals surface area contributed by atoms with E-state index in [1.807, 2.05) is 30.3 Å². The Hall–Kier alpha value is -2.04. The van der Waals surface area contributed by atoms with E-state index in [9.17, 15) is 9.59 Å². The lowest BCUT2D eigenvalue weighted by Gasteiger charge is -2.33. The number of carbonyl (C=O) groups excluding carboxylic acids is 2. The number of primary amides is 1. The quantitative estimate of drug-likeness (QED) is 0.750. The minimum atomic E-state index is -0.687. The molecular weight excluding hydrogens is 397 g/mol. The van der Waals surface area contributed by atoms with Crippen molar-refractivity contribution in [3.05, 3.63) is 68.7 Å². The van der Waals surface area contributed by atoms with Crippen LogP contribution in [0.3, 0.4) is 0 Å². The SMILES string of the molecule is NC(=O)C1CCc2ccc(Cl)cc2C1OC(=O)C1CCc2ccc(Cl)cc2C1. The first-order chi connectivity index (χ1) is 13.4. The predicted octanol–water partition coefficient (Wildman–Crippen LogP) is 4.43. The maximum atomic E-state index is 13.0. The fourth-order valence-electron chi connectivity index (χ4n) is 4.32. The number of ether oxygens (including phenoxy) is 1. The lowest BCUT2D eigenvalue weighted by Crippen LogP contribution is -2.36. The molecule has 0 aromatic heterocycles. The molecule has 1 amide bonds. The second-order valence-electron chi connectivity index (χ2n) is 7.60. The molecule has 4 rings (SSSR count). The molecule has 3 atom stereocenters. The second kappa shape index (κ2) is 7.76. The Kier molecular flexibility index (Phi) is 5.35. The number of benzene rings is 2. The minimum Gasteiger partial charge on any atom is -0.456 e. The van der Waals surface area contributed by atoms with Crippen LogP contribution in [0.5, 0.6) is 0 Å². The third-order valence-electron chi connectivity index (χ3n) is 5.84. The van der Waals surface area contributed by atoms with Gasteiger partial charge in [-0.25, -0.2) is 0 Å². The van der Waals surface area contributed by atoms with Crippen LogP contribution in [0.2, 0.25) is 10.0 Å². The Morgan fingerprint density at radius 2 is 1.61 bits per heavy atom. The van der Waals surface area contributed by atoms with E-state index in [0.717, 1.165) is 23.1 Å². The van der Waals surface area contributed by atoms with Crippen molar-refractivity contribution in [3.63, 3.8) is 0 Å². The highest BCUT2D eigenvalue weighted by Gasteiger charge is 2.38. The zero-order chi connectivity index (χ0) is 19.8. The number of hydrogen-bond donors (Lipinski definition) is 1. The van der Waals surface area contributed by atoms with Gasteiger partial charge in [-0.1, -0.05) is 35.3 Å². The maximum absolute atomic E-state index is 13.0. The van der Waals surface area contributed by atoms with Gasteiger partial charge in [-0.2, -0.15) is 0 Å². The number of nitrogens with two attached hydrogens (primary N) is 1. The van der Waals surface area contributed by atoms with Crippen LogP contribution in [0.15, 0.2) is 36.4 Å². The van der Waals surface area contributed by atoms with Gasteiger partial charge in [0.1, 0.15) is 6.10 Å². The summed E-state index contributed by atoms with van der Waals surface area (Å²) in [6.45, 7) is 0. The van der Waals surface area contributed by atoms with Crippen molar-refractivity contribution >= 4 is 35.1 Å². The molecule has 2 aliphatic carbocycles. The van der Waals surface area contributed by atoms with Crippen LogP contribution in [-0.2, 0) is 33.6 Å². The molecule has 0 saturated heterocycles. The maximum Gasteiger partial charge on any atom is 0.309 e. The summed E-state index contributed by atoms with van der Waals surface area (Å²) in [5.41, 5.74) is 9.74. The van der Waals surface area contributed by atoms with Crippen LogP contribution in [0, 0.1) is 11.8 Å². The van der Waals surface area contributed by atoms with Gasteiger partial charge in [-0.15, -0.1) is 0 Å². The van der Waals surface area contributed by atoms with Crippen molar-refractivity contribution in [1.82, 2.24) is 0 Å². The number of rotatable bonds is 3. The zero-order valence-corrected chi connectivity index (χ0v) is 16.8. The second-order valence-corrected chi connectivity index (χ2v) is 8.47. The number of hydrogen-bond acceptors (Lipinski definition) is 3. The van der Waals surface area contributed by atoms with E-state index in [0.29, 0.717) is 35.7 Å². The van der Waals surface area contributed by atoms with Crippen LogP contribution >= 0.6 is 23.2 Å². The van der Waals surface area contributed by atoms with Crippen LogP contribution in [0.1, 0.15) is 41.2 Å². The van der Waals surface area contributed by atoms with Gasteiger partial charge in [0.15, 0.2) is 0 Å². The number of amides is 1. The molecule has 2 aromatic carbocycles. The first-order valence-electron chi connectivity index (χ1n) is 9.48. The standard InChI is InChI=1S/C22H21Cl2NO3/c23-16-6-3-12-1-2-14(9-15(12)10-16)22(27)28-20-18(21(25)26)8-5-13-4-7-17(24)11-19(13)20/h3-4,6-7,10-11,14,18,20H,1-2,5,8-9H2,(H2,25,26). The third kappa shape index (κ3) is 3.76. The van der Waals surface area contributed by atoms with Crippen molar-refractivity contribution < 1.29 is 14.3 Å². The molecule has 146 valence electrons. The average molecular weight is 418 g/mol. The third-order valence-corrected chi connectivity index (χ3v) is 6.31. The van der Waals surface area contributed by atoms with Gasteiger partial charge in [-0.3, -0.25) is 9.59 Å². The molecule has 28 heavy (non-hydrogen) atoms. The monoisotopic (exact) mass is 417 g/mol. The summed E-state index contributed by atoms with van der Waals surface area (Å²) in [6, 6.07) is 11.3. The van der Waals surface area contributed by atoms with E-state index >= 15 is 0 Å². The topological polar surface area (TPSA) is 69.4 Å².